The molecular formula is C14H20N2OS. The lowest BCUT2D eigenvalue weighted by molar-refractivity contribution is -0.123. The van der Waals surface area contributed by atoms with Crippen LogP contribution in [-0.2, 0) is 11.3 Å². The Morgan fingerprint density at radius 3 is 3.00 bits per heavy atom. The van der Waals surface area contributed by atoms with Crippen LogP contribution >= 0.6 is 11.3 Å². The number of likely N-dealkylation sites (tertiary alicyclic amines) is 1. The number of aromatic nitrogens is 1. The summed E-state index contributed by atoms with van der Waals surface area (Å²) in [6.07, 6.45) is 8.76. The maximum atomic E-state index is 12.0. The van der Waals surface area contributed by atoms with Crippen molar-refractivity contribution >= 4 is 17.1 Å². The number of Topliss-reactive ketones (excluding diaryl/α,β-unsaturated/α-hetero) is 1. The molecule has 1 aromatic rings. The molecule has 1 saturated heterocycles. The second kappa shape index (κ2) is 5.49. The average molecular weight is 264 g/mol. The van der Waals surface area contributed by atoms with Crippen LogP contribution in [-0.4, -0.2) is 28.3 Å². The molecule has 0 spiro atoms. The molecule has 0 bridgehead atoms. The average Bonchev–Trinajstić information content (AvgIpc) is 3.02. The van der Waals surface area contributed by atoms with Gasteiger partial charge in [-0.05, 0) is 32.2 Å². The van der Waals surface area contributed by atoms with E-state index in [1.165, 1.54) is 24.1 Å². The number of hydrogen-bond acceptors (Lipinski definition) is 4. The highest BCUT2D eigenvalue weighted by atomic mass is 32.1. The summed E-state index contributed by atoms with van der Waals surface area (Å²) >= 11 is 1.72. The van der Waals surface area contributed by atoms with E-state index in [0.717, 1.165) is 32.4 Å². The van der Waals surface area contributed by atoms with E-state index in [9.17, 15) is 4.79 Å². The topological polar surface area (TPSA) is 33.2 Å². The van der Waals surface area contributed by atoms with Crippen LogP contribution in [0.25, 0.3) is 0 Å². The fraction of sp³-hybridized carbons (Fsp3) is 0.714. The summed E-state index contributed by atoms with van der Waals surface area (Å²) in [5.74, 6) is 0.828. The highest BCUT2D eigenvalue weighted by Crippen LogP contribution is 2.33. The normalized spacial score (nSPS) is 29.9. The van der Waals surface area contributed by atoms with Crippen LogP contribution in [0.4, 0.5) is 0 Å². The van der Waals surface area contributed by atoms with Crippen LogP contribution < -0.4 is 0 Å². The molecule has 2 aliphatic rings. The summed E-state index contributed by atoms with van der Waals surface area (Å²) in [5.41, 5.74) is 1.90. The zero-order valence-electron chi connectivity index (χ0n) is 10.7. The Bertz CT molecular complexity index is 404. The van der Waals surface area contributed by atoms with E-state index in [0.29, 0.717) is 17.7 Å². The van der Waals surface area contributed by atoms with Crippen LogP contribution in [0.5, 0.6) is 0 Å². The molecule has 18 heavy (non-hydrogen) atoms. The third kappa shape index (κ3) is 2.50. The number of carbonyl (C=O) groups is 1. The van der Waals surface area contributed by atoms with Gasteiger partial charge in [-0.1, -0.05) is 6.42 Å². The monoisotopic (exact) mass is 264 g/mol. The van der Waals surface area contributed by atoms with Gasteiger partial charge in [0.1, 0.15) is 5.78 Å². The third-order valence-corrected chi connectivity index (χ3v) is 5.09. The third-order valence-electron chi connectivity index (χ3n) is 4.32. The molecule has 4 heteroatoms. The van der Waals surface area contributed by atoms with Crippen molar-refractivity contribution in [3.63, 3.8) is 0 Å². The lowest BCUT2D eigenvalue weighted by Gasteiger charge is -2.38. The Balaban J connectivity index is 1.71. The van der Waals surface area contributed by atoms with Crippen molar-refractivity contribution in [3.05, 3.63) is 16.6 Å². The highest BCUT2D eigenvalue weighted by molar-refractivity contribution is 7.09. The standard InChI is InChI=1S/C14H20N2OS/c17-14-6-3-4-12(14)13-5-1-2-7-16(13)9-11-8-15-10-18-11/h8,10,12-13H,1-7,9H2. The lowest BCUT2D eigenvalue weighted by Crippen LogP contribution is -2.44. The number of hydrogen-bond donors (Lipinski definition) is 0. The van der Waals surface area contributed by atoms with Gasteiger partial charge in [0.25, 0.3) is 0 Å². The Morgan fingerprint density at radius 1 is 1.33 bits per heavy atom. The molecule has 2 fully saturated rings. The first kappa shape index (κ1) is 12.3. The first-order chi connectivity index (χ1) is 8.84. The summed E-state index contributed by atoms with van der Waals surface area (Å²) in [6, 6.07) is 0.496. The van der Waals surface area contributed by atoms with Gasteiger partial charge >= 0.3 is 0 Å². The number of ketones is 1. The summed E-state index contributed by atoms with van der Waals surface area (Å²) in [5, 5.41) is 0. The molecule has 2 unspecified atom stereocenters. The van der Waals surface area contributed by atoms with Crippen molar-refractivity contribution in [1.82, 2.24) is 9.88 Å². The number of piperidine rings is 1. The van der Waals surface area contributed by atoms with Gasteiger partial charge in [0.15, 0.2) is 0 Å². The minimum absolute atomic E-state index is 0.318. The molecule has 0 aromatic carbocycles. The number of nitrogens with zero attached hydrogens (tertiary/aromatic N) is 2. The smallest absolute Gasteiger partial charge is 0.137 e. The van der Waals surface area contributed by atoms with Gasteiger partial charge in [-0.25, -0.2) is 0 Å². The Kier molecular flexibility index (Phi) is 3.75. The van der Waals surface area contributed by atoms with Gasteiger partial charge in [0.05, 0.1) is 5.51 Å². The molecule has 0 N–H and O–H groups in total. The molecule has 1 aromatic heterocycles. The summed E-state index contributed by atoms with van der Waals surface area (Å²) in [4.78, 5) is 20.0. The van der Waals surface area contributed by atoms with E-state index < -0.39 is 0 Å². The van der Waals surface area contributed by atoms with Crippen LogP contribution in [0, 0.1) is 5.92 Å². The molecule has 2 heterocycles. The van der Waals surface area contributed by atoms with E-state index in [2.05, 4.69) is 9.88 Å². The zero-order chi connectivity index (χ0) is 12.4. The first-order valence-corrected chi connectivity index (χ1v) is 7.86. The van der Waals surface area contributed by atoms with Gasteiger partial charge in [-0.15, -0.1) is 11.3 Å². The summed E-state index contributed by atoms with van der Waals surface area (Å²) in [6.45, 7) is 2.13. The maximum Gasteiger partial charge on any atom is 0.137 e. The quantitative estimate of drug-likeness (QED) is 0.841. The molecule has 1 saturated carbocycles. The van der Waals surface area contributed by atoms with Crippen LogP contribution in [0.3, 0.4) is 0 Å². The molecule has 98 valence electrons. The van der Waals surface area contributed by atoms with E-state index >= 15 is 0 Å². The second-order valence-corrected chi connectivity index (χ2v) is 6.44. The number of thiazole rings is 1. The molecule has 1 aliphatic carbocycles. The first-order valence-electron chi connectivity index (χ1n) is 6.99. The van der Waals surface area contributed by atoms with Gasteiger partial charge < -0.3 is 0 Å². The van der Waals surface area contributed by atoms with E-state index in [1.54, 1.807) is 11.3 Å². The van der Waals surface area contributed by atoms with Gasteiger partial charge in [0.2, 0.25) is 0 Å². The van der Waals surface area contributed by atoms with Crippen molar-refractivity contribution in [1.29, 1.82) is 0 Å². The SMILES string of the molecule is O=C1CCCC1C1CCCCN1Cc1cncs1. The van der Waals surface area contributed by atoms with Crippen molar-refractivity contribution in [3.8, 4) is 0 Å². The summed E-state index contributed by atoms with van der Waals surface area (Å²) < 4.78 is 0. The fourth-order valence-corrected chi connectivity index (χ4v) is 4.06. The predicted octanol–water partition coefficient (Wildman–Crippen LogP) is 2.87. The minimum atomic E-state index is 0.318. The number of carbonyl (C=O) groups excluding carboxylic acids is 1. The van der Waals surface area contributed by atoms with Crippen LogP contribution in [0.2, 0.25) is 0 Å². The minimum Gasteiger partial charge on any atom is -0.299 e. The van der Waals surface area contributed by atoms with Crippen molar-refractivity contribution in [2.45, 2.75) is 51.1 Å². The molecule has 3 nitrogen and oxygen atoms in total. The van der Waals surface area contributed by atoms with Crippen LogP contribution in [0.15, 0.2) is 11.7 Å². The Morgan fingerprint density at radius 2 is 2.28 bits per heavy atom. The second-order valence-electron chi connectivity index (χ2n) is 5.47. The molecular weight excluding hydrogens is 244 g/mol. The predicted molar refractivity (Wildman–Crippen MR) is 72.5 cm³/mol. The van der Waals surface area contributed by atoms with Crippen molar-refractivity contribution in [2.24, 2.45) is 5.92 Å². The molecule has 0 amide bonds. The van der Waals surface area contributed by atoms with Crippen molar-refractivity contribution < 1.29 is 4.79 Å². The van der Waals surface area contributed by atoms with Gasteiger partial charge in [0, 0.05) is 36.0 Å². The molecule has 3 rings (SSSR count). The molecule has 0 radical (unpaired) electrons. The van der Waals surface area contributed by atoms with Crippen LogP contribution in [0.1, 0.15) is 43.4 Å². The van der Waals surface area contributed by atoms with Gasteiger partial charge in [-0.3, -0.25) is 14.7 Å². The fourth-order valence-electron chi connectivity index (χ4n) is 3.44. The largest absolute Gasteiger partial charge is 0.299 e. The summed E-state index contributed by atoms with van der Waals surface area (Å²) in [7, 11) is 0. The Labute approximate surface area is 112 Å². The zero-order valence-corrected chi connectivity index (χ0v) is 11.5. The highest BCUT2D eigenvalue weighted by Gasteiger charge is 2.36. The van der Waals surface area contributed by atoms with Gasteiger partial charge in [-0.2, -0.15) is 0 Å². The lowest BCUT2D eigenvalue weighted by atomic mass is 9.88. The maximum absolute atomic E-state index is 12.0. The molecule has 2 atom stereocenters. The van der Waals surface area contributed by atoms with E-state index in [1.807, 2.05) is 11.7 Å². The van der Waals surface area contributed by atoms with E-state index in [4.69, 9.17) is 0 Å². The van der Waals surface area contributed by atoms with E-state index in [-0.39, 0.29) is 0 Å². The molecule has 1 aliphatic heterocycles. The van der Waals surface area contributed by atoms with Crippen molar-refractivity contribution in [2.75, 3.05) is 6.54 Å². The number of rotatable bonds is 3. The Hall–Kier alpha value is -0.740.